The first-order valence-corrected chi connectivity index (χ1v) is 7.92. The lowest BCUT2D eigenvalue weighted by molar-refractivity contribution is 0.0333. The SMILES string of the molecule is CN(CC1(O)CCCC1)S(=O)(=O)c1ccc(N)c(F)c1. The summed E-state index contributed by atoms with van der Waals surface area (Å²) in [6.07, 6.45) is 2.95. The molecule has 0 aromatic heterocycles. The largest absolute Gasteiger partial charge is 0.396 e. The molecule has 0 saturated heterocycles. The van der Waals surface area contributed by atoms with Crippen LogP contribution in [0.5, 0.6) is 0 Å². The summed E-state index contributed by atoms with van der Waals surface area (Å²) in [6, 6.07) is 3.39. The number of sulfonamides is 1. The molecule has 0 heterocycles. The molecule has 0 unspecified atom stereocenters. The summed E-state index contributed by atoms with van der Waals surface area (Å²) in [4.78, 5) is -0.159. The summed E-state index contributed by atoms with van der Waals surface area (Å²) in [6.45, 7) is 0.0152. The number of anilines is 1. The van der Waals surface area contributed by atoms with Crippen molar-refractivity contribution in [2.24, 2.45) is 0 Å². The minimum absolute atomic E-state index is 0.0152. The van der Waals surface area contributed by atoms with Gasteiger partial charge in [-0.05, 0) is 31.0 Å². The van der Waals surface area contributed by atoms with E-state index in [1.807, 2.05) is 0 Å². The van der Waals surface area contributed by atoms with Crippen LogP contribution in [0.2, 0.25) is 0 Å². The molecule has 1 saturated carbocycles. The molecule has 0 bridgehead atoms. The maximum absolute atomic E-state index is 13.4. The predicted molar refractivity (Wildman–Crippen MR) is 74.0 cm³/mol. The van der Waals surface area contributed by atoms with E-state index in [2.05, 4.69) is 0 Å². The van der Waals surface area contributed by atoms with Gasteiger partial charge in [0.15, 0.2) is 0 Å². The quantitative estimate of drug-likeness (QED) is 0.822. The van der Waals surface area contributed by atoms with Crippen LogP contribution in [0.1, 0.15) is 25.7 Å². The van der Waals surface area contributed by atoms with Crippen LogP contribution in [-0.2, 0) is 10.0 Å². The highest BCUT2D eigenvalue weighted by Gasteiger charge is 2.35. The second-order valence-corrected chi connectivity index (χ2v) is 7.42. The minimum atomic E-state index is -3.83. The average Bonchev–Trinajstić information content (AvgIpc) is 2.79. The van der Waals surface area contributed by atoms with Crippen LogP contribution in [0.3, 0.4) is 0 Å². The highest BCUT2D eigenvalue weighted by atomic mass is 32.2. The van der Waals surface area contributed by atoms with Gasteiger partial charge in [-0.15, -0.1) is 0 Å². The Balaban J connectivity index is 2.22. The molecule has 2 rings (SSSR count). The molecule has 0 radical (unpaired) electrons. The van der Waals surface area contributed by atoms with Gasteiger partial charge in [0.2, 0.25) is 10.0 Å². The second-order valence-electron chi connectivity index (χ2n) is 5.38. The van der Waals surface area contributed by atoms with Crippen molar-refractivity contribution in [2.75, 3.05) is 19.3 Å². The van der Waals surface area contributed by atoms with E-state index in [1.165, 1.54) is 19.2 Å². The predicted octanol–water partition coefficient (Wildman–Crippen LogP) is 1.33. The van der Waals surface area contributed by atoms with E-state index in [0.29, 0.717) is 12.8 Å². The van der Waals surface area contributed by atoms with Crippen molar-refractivity contribution < 1.29 is 17.9 Å². The van der Waals surface area contributed by atoms with E-state index >= 15 is 0 Å². The molecule has 0 spiro atoms. The van der Waals surface area contributed by atoms with Crippen molar-refractivity contribution in [1.82, 2.24) is 4.31 Å². The van der Waals surface area contributed by atoms with Gasteiger partial charge >= 0.3 is 0 Å². The summed E-state index contributed by atoms with van der Waals surface area (Å²) >= 11 is 0. The van der Waals surface area contributed by atoms with Gasteiger partial charge in [-0.25, -0.2) is 12.8 Å². The van der Waals surface area contributed by atoms with E-state index in [9.17, 15) is 17.9 Å². The summed E-state index contributed by atoms with van der Waals surface area (Å²) in [5, 5.41) is 10.3. The fourth-order valence-corrected chi connectivity index (χ4v) is 3.80. The Hall–Kier alpha value is -1.18. The van der Waals surface area contributed by atoms with Crippen molar-refractivity contribution >= 4 is 15.7 Å². The van der Waals surface area contributed by atoms with Crippen molar-refractivity contribution in [3.8, 4) is 0 Å². The van der Waals surface area contributed by atoms with Crippen molar-refractivity contribution in [2.45, 2.75) is 36.2 Å². The van der Waals surface area contributed by atoms with Gasteiger partial charge in [0.1, 0.15) is 5.82 Å². The van der Waals surface area contributed by atoms with Crippen molar-refractivity contribution in [3.63, 3.8) is 0 Å². The topological polar surface area (TPSA) is 83.6 Å². The van der Waals surface area contributed by atoms with Crippen LogP contribution in [-0.4, -0.2) is 37.0 Å². The molecule has 112 valence electrons. The third kappa shape index (κ3) is 2.94. The molecule has 1 aromatic carbocycles. The number of rotatable bonds is 4. The van der Waals surface area contributed by atoms with E-state index in [0.717, 1.165) is 23.2 Å². The number of aliphatic hydroxyl groups is 1. The third-order valence-electron chi connectivity index (χ3n) is 3.73. The van der Waals surface area contributed by atoms with Crippen LogP contribution in [0.4, 0.5) is 10.1 Å². The van der Waals surface area contributed by atoms with Gasteiger partial charge in [0.05, 0.1) is 16.2 Å². The van der Waals surface area contributed by atoms with E-state index in [1.54, 1.807) is 0 Å². The number of likely N-dealkylation sites (N-methyl/N-ethyl adjacent to an activating group) is 1. The molecule has 0 amide bonds. The molecule has 0 atom stereocenters. The maximum atomic E-state index is 13.4. The van der Waals surface area contributed by atoms with Crippen LogP contribution in [0, 0.1) is 5.82 Å². The summed E-state index contributed by atoms with van der Waals surface area (Å²) in [7, 11) is -2.44. The summed E-state index contributed by atoms with van der Waals surface area (Å²) in [5.74, 6) is -0.765. The van der Waals surface area contributed by atoms with Gasteiger partial charge in [-0.2, -0.15) is 4.31 Å². The molecule has 20 heavy (non-hydrogen) atoms. The number of hydrogen-bond acceptors (Lipinski definition) is 4. The third-order valence-corrected chi connectivity index (χ3v) is 5.53. The number of hydrogen-bond donors (Lipinski definition) is 2. The van der Waals surface area contributed by atoms with Crippen molar-refractivity contribution in [1.29, 1.82) is 0 Å². The Labute approximate surface area is 118 Å². The first-order chi connectivity index (χ1) is 9.24. The fourth-order valence-electron chi connectivity index (χ4n) is 2.54. The first-order valence-electron chi connectivity index (χ1n) is 6.48. The number of nitrogens with zero attached hydrogens (tertiary/aromatic N) is 1. The minimum Gasteiger partial charge on any atom is -0.396 e. The van der Waals surface area contributed by atoms with E-state index < -0.39 is 21.4 Å². The Morgan fingerprint density at radius 2 is 2.00 bits per heavy atom. The standard InChI is InChI=1S/C13H19FN2O3S/c1-16(9-13(17)6-2-3-7-13)20(18,19)10-4-5-12(15)11(14)8-10/h4-5,8,17H,2-3,6-7,9,15H2,1H3. The second kappa shape index (κ2) is 5.31. The van der Waals surface area contributed by atoms with Crippen LogP contribution < -0.4 is 5.73 Å². The average molecular weight is 302 g/mol. The molecular weight excluding hydrogens is 283 g/mol. The Bertz CT molecular complexity index is 598. The van der Waals surface area contributed by atoms with Gasteiger partial charge in [-0.3, -0.25) is 0 Å². The highest BCUT2D eigenvalue weighted by molar-refractivity contribution is 7.89. The van der Waals surface area contributed by atoms with Gasteiger partial charge in [0.25, 0.3) is 0 Å². The zero-order valence-electron chi connectivity index (χ0n) is 11.3. The molecule has 0 aliphatic heterocycles. The zero-order chi connectivity index (χ0) is 15.0. The monoisotopic (exact) mass is 302 g/mol. The van der Waals surface area contributed by atoms with Gasteiger partial charge < -0.3 is 10.8 Å². The van der Waals surface area contributed by atoms with Crippen molar-refractivity contribution in [3.05, 3.63) is 24.0 Å². The normalized spacial score (nSPS) is 18.6. The maximum Gasteiger partial charge on any atom is 0.243 e. The summed E-state index contributed by atoms with van der Waals surface area (Å²) < 4.78 is 39.1. The molecule has 1 aromatic rings. The van der Waals surface area contributed by atoms with Gasteiger partial charge in [0, 0.05) is 13.6 Å². The smallest absolute Gasteiger partial charge is 0.243 e. The molecule has 1 fully saturated rings. The van der Waals surface area contributed by atoms with E-state index in [-0.39, 0.29) is 17.1 Å². The fraction of sp³-hybridized carbons (Fsp3) is 0.538. The van der Waals surface area contributed by atoms with E-state index in [4.69, 9.17) is 5.73 Å². The Morgan fingerprint density at radius 3 is 2.55 bits per heavy atom. The molecule has 7 heteroatoms. The van der Waals surface area contributed by atoms with Crippen LogP contribution in [0.15, 0.2) is 23.1 Å². The molecule has 1 aliphatic rings. The lowest BCUT2D eigenvalue weighted by atomic mass is 10.0. The first kappa shape index (κ1) is 15.2. The number of nitrogens with two attached hydrogens (primary N) is 1. The lowest BCUT2D eigenvalue weighted by Gasteiger charge is -2.28. The van der Waals surface area contributed by atoms with Crippen LogP contribution >= 0.6 is 0 Å². The highest BCUT2D eigenvalue weighted by Crippen LogP contribution is 2.31. The number of nitrogen functional groups attached to an aromatic ring is 1. The van der Waals surface area contributed by atoms with Crippen LogP contribution in [0.25, 0.3) is 0 Å². The lowest BCUT2D eigenvalue weighted by Crippen LogP contribution is -2.42. The zero-order valence-corrected chi connectivity index (χ0v) is 12.2. The molecule has 3 N–H and O–H groups in total. The molecule has 5 nitrogen and oxygen atoms in total. The number of benzene rings is 1. The molecular formula is C13H19FN2O3S. The summed E-state index contributed by atoms with van der Waals surface area (Å²) in [5.41, 5.74) is 4.26. The Kier molecular flexibility index (Phi) is 4.04. The van der Waals surface area contributed by atoms with Gasteiger partial charge in [-0.1, -0.05) is 12.8 Å². The Morgan fingerprint density at radius 1 is 1.40 bits per heavy atom. The molecule has 1 aliphatic carbocycles. The number of halogens is 1.